The Morgan fingerprint density at radius 2 is 1.81 bits per heavy atom. The minimum absolute atomic E-state index is 0.489. The largest absolute Gasteiger partial charge is 0.480 e. The third-order valence-corrected chi connectivity index (χ3v) is 6.59. The van der Waals surface area contributed by atoms with E-state index in [2.05, 4.69) is 5.32 Å². The number of carbonyl (C=O) groups excluding carboxylic acids is 3. The lowest BCUT2D eigenvalue weighted by Gasteiger charge is -2.45. The minimum Gasteiger partial charge on any atom is -0.480 e. The highest BCUT2D eigenvalue weighted by Gasteiger charge is 2.67. The van der Waals surface area contributed by atoms with Crippen molar-refractivity contribution in [2.24, 2.45) is 0 Å². The standard InChI is InChI=1S/C17H17N3O5S/c1-17(2)11(15(23)24)20-13(22)10(14(20)26-17)19-12(21)9(18-16(19)25)8-6-4-3-5-7-8/h3-7,9-11,14H,1-2H3,(H,18,25)(H,23,24)/t9-,10+,11-,14+/m0/s1. The molecular weight excluding hydrogens is 358 g/mol. The zero-order chi connectivity index (χ0) is 18.8. The molecular formula is C17H17N3O5S. The number of imide groups is 1. The maximum atomic E-state index is 12.8. The molecule has 3 heterocycles. The first-order chi connectivity index (χ1) is 12.2. The van der Waals surface area contributed by atoms with Crippen molar-refractivity contribution < 1.29 is 24.3 Å². The Morgan fingerprint density at radius 1 is 1.15 bits per heavy atom. The van der Waals surface area contributed by atoms with Gasteiger partial charge >= 0.3 is 12.0 Å². The Labute approximate surface area is 153 Å². The summed E-state index contributed by atoms with van der Waals surface area (Å²) in [6, 6.07) is 5.39. The van der Waals surface area contributed by atoms with Gasteiger partial charge < -0.3 is 15.3 Å². The van der Waals surface area contributed by atoms with Gasteiger partial charge in [-0.05, 0) is 19.4 Å². The third-order valence-electron chi connectivity index (χ3n) is 5.03. The minimum atomic E-state index is -1.09. The fourth-order valence-corrected chi connectivity index (χ4v) is 5.53. The van der Waals surface area contributed by atoms with E-state index in [0.717, 1.165) is 4.90 Å². The second-order valence-corrected chi connectivity index (χ2v) is 8.82. The summed E-state index contributed by atoms with van der Waals surface area (Å²) in [5.74, 6) is -2.08. The van der Waals surface area contributed by atoms with Crippen LogP contribution in [0.4, 0.5) is 4.79 Å². The van der Waals surface area contributed by atoms with Crippen molar-refractivity contribution in [2.75, 3.05) is 0 Å². The molecule has 0 saturated carbocycles. The Morgan fingerprint density at radius 3 is 2.42 bits per heavy atom. The Bertz CT molecular complexity index is 827. The summed E-state index contributed by atoms with van der Waals surface area (Å²) < 4.78 is -0.709. The Hall–Kier alpha value is -2.55. The molecule has 4 rings (SSSR count). The van der Waals surface area contributed by atoms with E-state index >= 15 is 0 Å². The van der Waals surface area contributed by atoms with Crippen LogP contribution in [0.3, 0.4) is 0 Å². The number of β-lactam (4-membered cyclic amide) rings is 1. The number of aliphatic carboxylic acids is 1. The van der Waals surface area contributed by atoms with E-state index < -0.39 is 52.1 Å². The van der Waals surface area contributed by atoms with E-state index in [1.807, 2.05) is 0 Å². The van der Waals surface area contributed by atoms with E-state index in [1.165, 1.54) is 16.7 Å². The average Bonchev–Trinajstić information content (AvgIpc) is 3.01. The molecule has 4 amide bonds. The summed E-state index contributed by atoms with van der Waals surface area (Å²) in [6.07, 6.45) is 0. The molecule has 0 aliphatic carbocycles. The van der Waals surface area contributed by atoms with Crippen LogP contribution in [0.2, 0.25) is 0 Å². The summed E-state index contributed by atoms with van der Waals surface area (Å²) in [6.45, 7) is 3.50. The maximum absolute atomic E-state index is 12.8. The number of nitrogens with one attached hydrogen (secondary N) is 1. The summed E-state index contributed by atoms with van der Waals surface area (Å²) in [4.78, 5) is 51.7. The molecule has 3 saturated heterocycles. The predicted octanol–water partition coefficient (Wildman–Crippen LogP) is 0.795. The molecule has 0 unspecified atom stereocenters. The normalized spacial score (nSPS) is 32.3. The quantitative estimate of drug-likeness (QED) is 0.598. The number of fused-ring (bicyclic) bond motifs is 1. The van der Waals surface area contributed by atoms with E-state index in [9.17, 15) is 24.3 Å². The van der Waals surface area contributed by atoms with Gasteiger partial charge in [-0.1, -0.05) is 30.3 Å². The van der Waals surface area contributed by atoms with Crippen LogP contribution >= 0.6 is 11.8 Å². The van der Waals surface area contributed by atoms with E-state index in [4.69, 9.17) is 0 Å². The van der Waals surface area contributed by atoms with Crippen LogP contribution < -0.4 is 5.32 Å². The fourth-order valence-electron chi connectivity index (χ4n) is 3.86. The molecule has 26 heavy (non-hydrogen) atoms. The van der Waals surface area contributed by atoms with Crippen LogP contribution in [0.15, 0.2) is 30.3 Å². The van der Waals surface area contributed by atoms with Crippen LogP contribution in [-0.2, 0) is 14.4 Å². The van der Waals surface area contributed by atoms with Gasteiger partial charge in [0.25, 0.3) is 11.8 Å². The molecule has 4 atom stereocenters. The highest BCUT2D eigenvalue weighted by Crippen LogP contribution is 2.52. The van der Waals surface area contributed by atoms with E-state index in [1.54, 1.807) is 44.2 Å². The molecule has 3 fully saturated rings. The lowest BCUT2D eigenvalue weighted by molar-refractivity contribution is -0.165. The van der Waals surface area contributed by atoms with Gasteiger partial charge in [0.05, 0.1) is 0 Å². The lowest BCUT2D eigenvalue weighted by Crippen LogP contribution is -2.71. The van der Waals surface area contributed by atoms with Crippen molar-refractivity contribution in [3.63, 3.8) is 0 Å². The molecule has 2 N–H and O–H groups in total. The van der Waals surface area contributed by atoms with Crippen molar-refractivity contribution in [2.45, 2.75) is 42.1 Å². The topological polar surface area (TPSA) is 107 Å². The lowest BCUT2D eigenvalue weighted by atomic mass is 9.95. The van der Waals surface area contributed by atoms with Crippen molar-refractivity contribution >= 4 is 35.6 Å². The predicted molar refractivity (Wildman–Crippen MR) is 92.1 cm³/mol. The molecule has 1 aromatic rings. The number of carboxylic acid groups (broad SMARTS) is 1. The van der Waals surface area contributed by atoms with Crippen LogP contribution in [-0.4, -0.2) is 60.9 Å². The SMILES string of the molecule is CC1(C)S[C@@H]2[C@H](N3C(=O)N[C@@H](c4ccccc4)C3=O)C(=O)N2[C@H]1C(=O)O. The number of carboxylic acids is 1. The summed E-state index contributed by atoms with van der Waals surface area (Å²) in [7, 11) is 0. The number of thioether (sulfide) groups is 1. The van der Waals surface area contributed by atoms with Crippen molar-refractivity contribution in [3.05, 3.63) is 35.9 Å². The first-order valence-electron chi connectivity index (χ1n) is 8.15. The molecule has 8 nitrogen and oxygen atoms in total. The molecule has 3 aliphatic rings. The number of amides is 4. The monoisotopic (exact) mass is 375 g/mol. The molecule has 3 aliphatic heterocycles. The van der Waals surface area contributed by atoms with E-state index in [-0.39, 0.29) is 0 Å². The number of hydrogen-bond donors (Lipinski definition) is 2. The van der Waals surface area contributed by atoms with Gasteiger partial charge in [0.2, 0.25) is 0 Å². The number of nitrogens with zero attached hydrogens (tertiary/aromatic N) is 2. The Balaban J connectivity index is 1.62. The zero-order valence-corrected chi connectivity index (χ0v) is 14.9. The van der Waals surface area contributed by atoms with E-state index in [0.29, 0.717) is 5.56 Å². The van der Waals surface area contributed by atoms with Gasteiger partial charge in [-0.25, -0.2) is 14.5 Å². The highest BCUT2D eigenvalue weighted by molar-refractivity contribution is 8.01. The van der Waals surface area contributed by atoms with Crippen molar-refractivity contribution in [1.29, 1.82) is 0 Å². The number of urea groups is 1. The molecule has 0 spiro atoms. The molecule has 0 bridgehead atoms. The Kier molecular flexibility index (Phi) is 3.56. The van der Waals surface area contributed by atoms with Gasteiger partial charge in [-0.15, -0.1) is 11.8 Å². The number of carbonyl (C=O) groups is 4. The zero-order valence-electron chi connectivity index (χ0n) is 14.1. The smallest absolute Gasteiger partial charge is 0.327 e. The van der Waals surface area contributed by atoms with Crippen molar-refractivity contribution in [1.82, 2.24) is 15.1 Å². The van der Waals surface area contributed by atoms with Gasteiger partial charge in [0.15, 0.2) is 0 Å². The number of rotatable bonds is 3. The first kappa shape index (κ1) is 16.9. The second kappa shape index (κ2) is 5.47. The van der Waals surface area contributed by atoms with Gasteiger partial charge in [0, 0.05) is 4.75 Å². The molecule has 0 radical (unpaired) electrons. The molecule has 9 heteroatoms. The van der Waals surface area contributed by atoms with Crippen LogP contribution in [0.1, 0.15) is 25.5 Å². The van der Waals surface area contributed by atoms with Gasteiger partial charge in [-0.2, -0.15) is 0 Å². The van der Waals surface area contributed by atoms with Gasteiger partial charge in [-0.3, -0.25) is 9.59 Å². The third kappa shape index (κ3) is 2.16. The van der Waals surface area contributed by atoms with Crippen molar-refractivity contribution in [3.8, 4) is 0 Å². The maximum Gasteiger partial charge on any atom is 0.327 e. The summed E-state index contributed by atoms with van der Waals surface area (Å²) in [5, 5.41) is 11.5. The second-order valence-electron chi connectivity index (χ2n) is 7.04. The number of hydrogen-bond acceptors (Lipinski definition) is 5. The number of benzene rings is 1. The molecule has 136 valence electrons. The average molecular weight is 375 g/mol. The van der Waals surface area contributed by atoms with Crippen LogP contribution in [0.5, 0.6) is 0 Å². The highest BCUT2D eigenvalue weighted by atomic mass is 32.2. The van der Waals surface area contributed by atoms with Crippen LogP contribution in [0, 0.1) is 0 Å². The van der Waals surface area contributed by atoms with Gasteiger partial charge in [0.1, 0.15) is 23.5 Å². The summed E-state index contributed by atoms with van der Waals surface area (Å²) >= 11 is 1.30. The summed E-state index contributed by atoms with van der Waals surface area (Å²) in [5.41, 5.74) is 0.639. The first-order valence-corrected chi connectivity index (χ1v) is 9.03. The fraction of sp³-hybridized carbons (Fsp3) is 0.412. The molecule has 0 aromatic heterocycles. The van der Waals surface area contributed by atoms with Crippen LogP contribution in [0.25, 0.3) is 0 Å². The molecule has 1 aromatic carbocycles.